The molecule has 0 saturated carbocycles. The van der Waals surface area contributed by atoms with Gasteiger partial charge in [0.2, 0.25) is 0 Å². The third-order valence-electron chi connectivity index (χ3n) is 5.10. The Morgan fingerprint density at radius 1 is 1.14 bits per heavy atom. The maximum atomic E-state index is 12.9. The van der Waals surface area contributed by atoms with E-state index in [9.17, 15) is 4.79 Å². The van der Waals surface area contributed by atoms with Crippen molar-refractivity contribution in [2.45, 2.75) is 6.42 Å². The third kappa shape index (κ3) is 5.84. The highest BCUT2D eigenvalue weighted by Crippen LogP contribution is 2.21. The van der Waals surface area contributed by atoms with Gasteiger partial charge < -0.3 is 24.8 Å². The second-order valence-corrected chi connectivity index (χ2v) is 7.52. The van der Waals surface area contributed by atoms with Crippen molar-refractivity contribution < 1.29 is 9.53 Å². The van der Waals surface area contributed by atoms with Gasteiger partial charge in [0.15, 0.2) is 0 Å². The number of hydrogen-bond acceptors (Lipinski definition) is 6. The molecule has 1 aliphatic rings. The minimum Gasteiger partial charge on any atom is -0.497 e. The monoisotopic (exact) mass is 397 g/mol. The molecule has 29 heavy (non-hydrogen) atoms. The summed E-state index contributed by atoms with van der Waals surface area (Å²) in [6.07, 6.45) is 4.47. The minimum atomic E-state index is 0.0452. The quantitative estimate of drug-likeness (QED) is 0.691. The Bertz CT molecular complexity index is 786. The molecule has 1 aromatic carbocycles. The first-order valence-corrected chi connectivity index (χ1v) is 10.1. The fraction of sp³-hybridized carbons (Fsp3) is 0.455. The van der Waals surface area contributed by atoms with E-state index in [2.05, 4.69) is 46.3 Å². The van der Waals surface area contributed by atoms with Gasteiger partial charge in [0.05, 0.1) is 18.4 Å². The number of hydrogen-bond donors (Lipinski definition) is 1. The smallest absolute Gasteiger partial charge is 0.255 e. The standard InChI is InChI=1S/C22H31N5O2/c1-25(2)10-4-9-24-19-15-18(16-23-17-19)22(28)27-13-11-26(12-14-27)20-5-7-21(29-3)8-6-20/h5-8,15-17,24H,4,9-14H2,1-3H3. The summed E-state index contributed by atoms with van der Waals surface area (Å²) in [4.78, 5) is 23.5. The van der Waals surface area contributed by atoms with E-state index < -0.39 is 0 Å². The van der Waals surface area contributed by atoms with Crippen molar-refractivity contribution in [1.29, 1.82) is 0 Å². The molecule has 1 fully saturated rings. The van der Waals surface area contributed by atoms with Crippen molar-refractivity contribution in [3.63, 3.8) is 0 Å². The number of aromatic nitrogens is 1. The van der Waals surface area contributed by atoms with E-state index in [1.807, 2.05) is 23.1 Å². The summed E-state index contributed by atoms with van der Waals surface area (Å²) in [7, 11) is 5.80. The van der Waals surface area contributed by atoms with Gasteiger partial charge in [-0.1, -0.05) is 0 Å². The summed E-state index contributed by atoms with van der Waals surface area (Å²) in [6, 6.07) is 9.96. The van der Waals surface area contributed by atoms with E-state index in [0.717, 1.165) is 49.7 Å². The highest BCUT2D eigenvalue weighted by Gasteiger charge is 2.22. The van der Waals surface area contributed by atoms with Crippen molar-refractivity contribution in [2.24, 2.45) is 0 Å². The fourth-order valence-corrected chi connectivity index (χ4v) is 3.42. The molecule has 2 heterocycles. The molecule has 2 aromatic rings. The van der Waals surface area contributed by atoms with Crippen LogP contribution in [-0.2, 0) is 0 Å². The number of pyridine rings is 1. The van der Waals surface area contributed by atoms with E-state index in [-0.39, 0.29) is 5.91 Å². The molecule has 0 unspecified atom stereocenters. The van der Waals surface area contributed by atoms with Crippen LogP contribution in [0.3, 0.4) is 0 Å². The van der Waals surface area contributed by atoms with Gasteiger partial charge in [-0.2, -0.15) is 0 Å². The Morgan fingerprint density at radius 3 is 2.52 bits per heavy atom. The molecule has 0 aliphatic carbocycles. The Morgan fingerprint density at radius 2 is 1.86 bits per heavy atom. The van der Waals surface area contributed by atoms with Crippen LogP contribution in [0.25, 0.3) is 0 Å². The number of nitrogens with one attached hydrogen (secondary N) is 1. The van der Waals surface area contributed by atoms with Crippen LogP contribution in [0.4, 0.5) is 11.4 Å². The number of carbonyl (C=O) groups excluding carboxylic acids is 1. The van der Waals surface area contributed by atoms with Gasteiger partial charge >= 0.3 is 0 Å². The van der Waals surface area contributed by atoms with Crippen LogP contribution < -0.4 is 15.0 Å². The number of rotatable bonds is 8. The molecular weight excluding hydrogens is 366 g/mol. The second-order valence-electron chi connectivity index (χ2n) is 7.52. The van der Waals surface area contributed by atoms with Gasteiger partial charge in [-0.05, 0) is 57.4 Å². The summed E-state index contributed by atoms with van der Waals surface area (Å²) in [5.74, 6) is 0.897. The van der Waals surface area contributed by atoms with Gasteiger partial charge in [0, 0.05) is 50.8 Å². The zero-order valence-electron chi connectivity index (χ0n) is 17.6. The van der Waals surface area contributed by atoms with Gasteiger partial charge in [-0.15, -0.1) is 0 Å². The lowest BCUT2D eigenvalue weighted by Gasteiger charge is -2.36. The number of piperazine rings is 1. The molecule has 1 aliphatic heterocycles. The van der Waals surface area contributed by atoms with E-state index in [1.54, 1.807) is 19.5 Å². The van der Waals surface area contributed by atoms with Crippen LogP contribution in [-0.4, -0.2) is 81.2 Å². The fourth-order valence-electron chi connectivity index (χ4n) is 3.42. The first-order valence-electron chi connectivity index (χ1n) is 10.1. The van der Waals surface area contributed by atoms with Crippen LogP contribution >= 0.6 is 0 Å². The Balaban J connectivity index is 1.52. The number of anilines is 2. The predicted octanol–water partition coefficient (Wildman–Crippen LogP) is 2.42. The van der Waals surface area contributed by atoms with Crippen molar-refractivity contribution in [2.75, 3.05) is 70.7 Å². The maximum Gasteiger partial charge on any atom is 0.255 e. The van der Waals surface area contributed by atoms with E-state index >= 15 is 0 Å². The number of ether oxygens (including phenoxy) is 1. The van der Waals surface area contributed by atoms with Gasteiger partial charge in [0.25, 0.3) is 5.91 Å². The number of amides is 1. The molecule has 0 atom stereocenters. The lowest BCUT2D eigenvalue weighted by Crippen LogP contribution is -2.48. The molecule has 7 heteroatoms. The van der Waals surface area contributed by atoms with Crippen LogP contribution in [0, 0.1) is 0 Å². The third-order valence-corrected chi connectivity index (χ3v) is 5.10. The summed E-state index contributed by atoms with van der Waals surface area (Å²) in [5.41, 5.74) is 2.69. The first-order chi connectivity index (χ1) is 14.1. The molecule has 0 bridgehead atoms. The lowest BCUT2D eigenvalue weighted by atomic mass is 10.2. The van der Waals surface area contributed by atoms with Gasteiger partial charge in [-0.25, -0.2) is 0 Å². The zero-order chi connectivity index (χ0) is 20.6. The number of methoxy groups -OCH3 is 1. The SMILES string of the molecule is COc1ccc(N2CCN(C(=O)c3cncc(NCCCN(C)C)c3)CC2)cc1. The maximum absolute atomic E-state index is 12.9. The molecule has 0 spiro atoms. The molecule has 1 N–H and O–H groups in total. The van der Waals surface area contributed by atoms with Gasteiger partial charge in [0.1, 0.15) is 5.75 Å². The van der Waals surface area contributed by atoms with E-state index in [1.165, 1.54) is 0 Å². The molecule has 7 nitrogen and oxygen atoms in total. The lowest BCUT2D eigenvalue weighted by molar-refractivity contribution is 0.0746. The molecular formula is C22H31N5O2. The summed E-state index contributed by atoms with van der Waals surface area (Å²) >= 11 is 0. The van der Waals surface area contributed by atoms with Crippen molar-refractivity contribution in [3.8, 4) is 5.75 Å². The van der Waals surface area contributed by atoms with E-state index in [4.69, 9.17) is 4.74 Å². The molecule has 156 valence electrons. The van der Waals surface area contributed by atoms with Crippen molar-refractivity contribution in [3.05, 3.63) is 48.3 Å². The number of nitrogens with zero attached hydrogens (tertiary/aromatic N) is 4. The van der Waals surface area contributed by atoms with Crippen molar-refractivity contribution >= 4 is 17.3 Å². The number of carbonyl (C=O) groups is 1. The summed E-state index contributed by atoms with van der Waals surface area (Å²) < 4.78 is 5.22. The van der Waals surface area contributed by atoms with Gasteiger partial charge in [-0.3, -0.25) is 9.78 Å². The molecule has 0 radical (unpaired) electrons. The van der Waals surface area contributed by atoms with Crippen LogP contribution in [0.1, 0.15) is 16.8 Å². The van der Waals surface area contributed by atoms with Crippen LogP contribution in [0.2, 0.25) is 0 Å². The highest BCUT2D eigenvalue weighted by molar-refractivity contribution is 5.95. The largest absolute Gasteiger partial charge is 0.497 e. The second kappa shape index (κ2) is 10.1. The predicted molar refractivity (Wildman–Crippen MR) is 117 cm³/mol. The molecule has 3 rings (SSSR count). The minimum absolute atomic E-state index is 0.0452. The molecule has 1 saturated heterocycles. The Labute approximate surface area is 173 Å². The van der Waals surface area contributed by atoms with Crippen LogP contribution in [0.15, 0.2) is 42.7 Å². The first kappa shape index (κ1) is 20.9. The van der Waals surface area contributed by atoms with Crippen molar-refractivity contribution in [1.82, 2.24) is 14.8 Å². The number of benzene rings is 1. The average Bonchev–Trinajstić information content (AvgIpc) is 2.76. The Kier molecular flexibility index (Phi) is 7.30. The molecule has 1 amide bonds. The zero-order valence-corrected chi connectivity index (χ0v) is 17.6. The van der Waals surface area contributed by atoms with E-state index in [0.29, 0.717) is 18.7 Å². The van der Waals surface area contributed by atoms with Crippen LogP contribution in [0.5, 0.6) is 5.75 Å². The topological polar surface area (TPSA) is 60.9 Å². The summed E-state index contributed by atoms with van der Waals surface area (Å²) in [6.45, 7) is 4.91. The Hall–Kier alpha value is -2.80. The average molecular weight is 398 g/mol. The summed E-state index contributed by atoms with van der Waals surface area (Å²) in [5, 5.41) is 3.36. The normalized spacial score (nSPS) is 14.2. The highest BCUT2D eigenvalue weighted by atomic mass is 16.5. The molecule has 1 aromatic heterocycles.